The molecule has 1 aromatic rings. The lowest BCUT2D eigenvalue weighted by Crippen LogP contribution is -2.09. The first-order valence-electron chi connectivity index (χ1n) is 5.88. The van der Waals surface area contributed by atoms with Gasteiger partial charge in [0.15, 0.2) is 0 Å². The maximum absolute atomic E-state index is 9.77. The summed E-state index contributed by atoms with van der Waals surface area (Å²) in [4.78, 5) is 4.49. The summed E-state index contributed by atoms with van der Waals surface area (Å²) in [6, 6.07) is 3.58. The molecule has 1 aliphatic rings. The van der Waals surface area contributed by atoms with E-state index in [0.717, 1.165) is 12.8 Å². The van der Waals surface area contributed by atoms with E-state index in [1.807, 2.05) is 0 Å². The molecule has 17 heavy (non-hydrogen) atoms. The fourth-order valence-electron chi connectivity index (χ4n) is 2.10. The molecule has 0 spiro atoms. The van der Waals surface area contributed by atoms with Gasteiger partial charge in [-0.25, -0.2) is 0 Å². The maximum Gasteiger partial charge on any atom is 0.143 e. The van der Waals surface area contributed by atoms with Gasteiger partial charge in [-0.05, 0) is 25.0 Å². The van der Waals surface area contributed by atoms with E-state index < -0.39 is 0 Å². The van der Waals surface area contributed by atoms with Gasteiger partial charge in [0.1, 0.15) is 5.75 Å². The molecule has 4 heteroatoms. The normalized spacial score (nSPS) is 17.8. The van der Waals surface area contributed by atoms with E-state index in [9.17, 15) is 5.11 Å². The number of rotatable bonds is 2. The molecule has 2 rings (SSSR count). The number of phenols is 1. The molecule has 0 atom stereocenters. The molecule has 1 fully saturated rings. The van der Waals surface area contributed by atoms with E-state index in [1.54, 1.807) is 12.3 Å². The number of hydrogen-bond acceptors (Lipinski definition) is 2. The summed E-state index contributed by atoms with van der Waals surface area (Å²) in [5, 5.41) is 10.5. The van der Waals surface area contributed by atoms with E-state index in [0.29, 0.717) is 16.6 Å². The summed E-state index contributed by atoms with van der Waals surface area (Å²) in [5.74, 6) is 0.0515. The molecule has 1 N–H and O–H groups in total. The third-order valence-electron chi connectivity index (χ3n) is 3.06. The lowest BCUT2D eigenvalue weighted by Gasteiger charge is -2.17. The Hall–Kier alpha value is -0.730. The van der Waals surface area contributed by atoms with Crippen molar-refractivity contribution in [1.29, 1.82) is 0 Å². The van der Waals surface area contributed by atoms with Crippen LogP contribution in [0.15, 0.2) is 17.1 Å². The minimum Gasteiger partial charge on any atom is -0.506 e. The van der Waals surface area contributed by atoms with Gasteiger partial charge in [-0.2, -0.15) is 0 Å². The Kier molecular flexibility index (Phi) is 4.30. The average Bonchev–Trinajstić information content (AvgIpc) is 2.33. The van der Waals surface area contributed by atoms with Crippen molar-refractivity contribution in [2.75, 3.05) is 0 Å². The second-order valence-corrected chi connectivity index (χ2v) is 5.24. The number of aliphatic imine (C=N–C) groups is 1. The molecule has 0 bridgehead atoms. The lowest BCUT2D eigenvalue weighted by atomic mass is 9.96. The Morgan fingerprint density at radius 3 is 2.59 bits per heavy atom. The Morgan fingerprint density at radius 2 is 1.88 bits per heavy atom. The van der Waals surface area contributed by atoms with Gasteiger partial charge in [0.05, 0.1) is 5.02 Å². The van der Waals surface area contributed by atoms with Gasteiger partial charge in [-0.1, -0.05) is 42.5 Å². The fraction of sp³-hybridized carbons (Fsp3) is 0.462. The summed E-state index contributed by atoms with van der Waals surface area (Å²) >= 11 is 11.7. The van der Waals surface area contributed by atoms with Crippen molar-refractivity contribution < 1.29 is 5.11 Å². The summed E-state index contributed by atoms with van der Waals surface area (Å²) in [7, 11) is 0. The lowest BCUT2D eigenvalue weighted by molar-refractivity contribution is 0.444. The van der Waals surface area contributed by atoms with Gasteiger partial charge in [-0.3, -0.25) is 4.99 Å². The van der Waals surface area contributed by atoms with Crippen LogP contribution in [-0.2, 0) is 0 Å². The largest absolute Gasteiger partial charge is 0.506 e. The molecule has 92 valence electrons. The van der Waals surface area contributed by atoms with Crippen LogP contribution < -0.4 is 0 Å². The predicted octanol–water partition coefficient (Wildman–Crippen LogP) is 4.45. The van der Waals surface area contributed by atoms with Crippen LogP contribution in [0.1, 0.15) is 37.7 Å². The van der Waals surface area contributed by atoms with Crippen LogP contribution in [0.25, 0.3) is 0 Å². The number of nitrogens with zero attached hydrogens (tertiary/aromatic N) is 1. The van der Waals surface area contributed by atoms with E-state index in [4.69, 9.17) is 23.2 Å². The smallest absolute Gasteiger partial charge is 0.143 e. The molecule has 0 saturated heterocycles. The number of phenolic OH excluding ortho intramolecular Hbond substituents is 1. The number of hydrogen-bond donors (Lipinski definition) is 1. The first-order chi connectivity index (χ1) is 8.16. The van der Waals surface area contributed by atoms with E-state index in [1.165, 1.54) is 25.3 Å². The van der Waals surface area contributed by atoms with Crippen molar-refractivity contribution in [2.45, 2.75) is 38.1 Å². The van der Waals surface area contributed by atoms with Crippen LogP contribution in [0.4, 0.5) is 0 Å². The third-order valence-corrected chi connectivity index (χ3v) is 3.56. The molecule has 0 radical (unpaired) electrons. The SMILES string of the molecule is Oc1c(Cl)cc(Cl)cc1C=NC1CCCCC1. The summed E-state index contributed by atoms with van der Waals surface area (Å²) in [5.41, 5.74) is 0.591. The topological polar surface area (TPSA) is 32.6 Å². The highest BCUT2D eigenvalue weighted by Crippen LogP contribution is 2.30. The average molecular weight is 272 g/mol. The minimum absolute atomic E-state index is 0.0515. The molecule has 2 nitrogen and oxygen atoms in total. The summed E-state index contributed by atoms with van der Waals surface area (Å²) in [6.45, 7) is 0. The van der Waals surface area contributed by atoms with Gasteiger partial charge >= 0.3 is 0 Å². The minimum atomic E-state index is 0.0515. The van der Waals surface area contributed by atoms with Crippen molar-refractivity contribution in [3.8, 4) is 5.75 Å². The standard InChI is InChI=1S/C13H15Cl2NO/c14-10-6-9(13(17)12(15)7-10)8-16-11-4-2-1-3-5-11/h6-8,11,17H,1-5H2. The van der Waals surface area contributed by atoms with Crippen molar-refractivity contribution >= 4 is 29.4 Å². The second kappa shape index (κ2) is 5.74. The van der Waals surface area contributed by atoms with Gasteiger partial charge in [0.25, 0.3) is 0 Å². The van der Waals surface area contributed by atoms with E-state index in [2.05, 4.69) is 4.99 Å². The van der Waals surface area contributed by atoms with E-state index >= 15 is 0 Å². The Labute approximate surface area is 111 Å². The van der Waals surface area contributed by atoms with Crippen LogP contribution in [0.5, 0.6) is 5.75 Å². The molecule has 1 aliphatic carbocycles. The zero-order valence-corrected chi connectivity index (χ0v) is 11.0. The van der Waals surface area contributed by atoms with Crippen molar-refractivity contribution in [3.63, 3.8) is 0 Å². The highest BCUT2D eigenvalue weighted by atomic mass is 35.5. The Morgan fingerprint density at radius 1 is 1.18 bits per heavy atom. The zero-order chi connectivity index (χ0) is 12.3. The van der Waals surface area contributed by atoms with Crippen molar-refractivity contribution in [1.82, 2.24) is 0 Å². The van der Waals surface area contributed by atoms with Gasteiger partial charge in [-0.15, -0.1) is 0 Å². The first kappa shape index (κ1) is 12.7. The molecule has 1 saturated carbocycles. The summed E-state index contributed by atoms with van der Waals surface area (Å²) in [6.07, 6.45) is 7.73. The molecule has 0 heterocycles. The van der Waals surface area contributed by atoms with Crippen LogP contribution in [0.3, 0.4) is 0 Å². The van der Waals surface area contributed by atoms with Crippen LogP contribution in [0.2, 0.25) is 10.0 Å². The molecule has 0 amide bonds. The monoisotopic (exact) mass is 271 g/mol. The molecule has 1 aromatic carbocycles. The number of aromatic hydroxyl groups is 1. The van der Waals surface area contributed by atoms with Crippen molar-refractivity contribution in [2.24, 2.45) is 4.99 Å². The predicted molar refractivity (Wildman–Crippen MR) is 72.6 cm³/mol. The zero-order valence-electron chi connectivity index (χ0n) is 9.50. The fourth-order valence-corrected chi connectivity index (χ4v) is 2.61. The van der Waals surface area contributed by atoms with Gasteiger partial charge < -0.3 is 5.11 Å². The van der Waals surface area contributed by atoms with E-state index in [-0.39, 0.29) is 10.8 Å². The van der Waals surface area contributed by atoms with Crippen molar-refractivity contribution in [3.05, 3.63) is 27.7 Å². The highest BCUT2D eigenvalue weighted by Gasteiger charge is 2.12. The Balaban J connectivity index is 2.14. The molecular formula is C13H15Cl2NO. The second-order valence-electron chi connectivity index (χ2n) is 4.40. The van der Waals surface area contributed by atoms with Gasteiger partial charge in [0.2, 0.25) is 0 Å². The Bertz CT molecular complexity index is 426. The van der Waals surface area contributed by atoms with Crippen LogP contribution in [-0.4, -0.2) is 17.4 Å². The summed E-state index contributed by atoms with van der Waals surface area (Å²) < 4.78 is 0. The maximum atomic E-state index is 9.77. The molecular weight excluding hydrogens is 257 g/mol. The quantitative estimate of drug-likeness (QED) is 0.792. The third kappa shape index (κ3) is 3.36. The van der Waals surface area contributed by atoms with Crippen LogP contribution in [0, 0.1) is 0 Å². The molecule has 0 aromatic heterocycles. The number of halogens is 2. The van der Waals surface area contributed by atoms with Gasteiger partial charge in [0, 0.05) is 22.8 Å². The highest BCUT2D eigenvalue weighted by molar-refractivity contribution is 6.36. The molecule has 0 unspecified atom stereocenters. The molecule has 0 aliphatic heterocycles. The first-order valence-corrected chi connectivity index (χ1v) is 6.63. The van der Waals surface area contributed by atoms with Crippen LogP contribution >= 0.6 is 23.2 Å². The number of benzene rings is 1.